The number of rotatable bonds is 8. The van der Waals surface area contributed by atoms with Gasteiger partial charge >= 0.3 is 5.97 Å². The van der Waals surface area contributed by atoms with Crippen LogP contribution in [0, 0.1) is 5.82 Å². The van der Waals surface area contributed by atoms with Crippen LogP contribution in [-0.2, 0) is 16.1 Å². The summed E-state index contributed by atoms with van der Waals surface area (Å²) in [6.07, 6.45) is 1.02. The standard InChI is InChI=1S/C17H26FN3O2/c1-4-19-17(20-12-6-7-16(22)23-5-2)21(3)13-14-8-10-15(18)11-9-14/h8-11H,4-7,12-13H2,1-3H3,(H,19,20). The molecule has 0 unspecified atom stereocenters. The van der Waals surface area contributed by atoms with Crippen LogP contribution in [-0.4, -0.2) is 43.6 Å². The lowest BCUT2D eigenvalue weighted by Gasteiger charge is -2.22. The molecule has 23 heavy (non-hydrogen) atoms. The van der Waals surface area contributed by atoms with E-state index in [-0.39, 0.29) is 11.8 Å². The first-order valence-electron chi connectivity index (χ1n) is 7.96. The lowest BCUT2D eigenvalue weighted by atomic mass is 10.2. The summed E-state index contributed by atoms with van der Waals surface area (Å²) in [5.41, 5.74) is 1.01. The van der Waals surface area contributed by atoms with Gasteiger partial charge in [-0.25, -0.2) is 4.39 Å². The summed E-state index contributed by atoms with van der Waals surface area (Å²) in [7, 11) is 1.93. The van der Waals surface area contributed by atoms with E-state index in [9.17, 15) is 9.18 Å². The van der Waals surface area contributed by atoms with Crippen molar-refractivity contribution in [2.24, 2.45) is 4.99 Å². The molecule has 128 valence electrons. The normalized spacial score (nSPS) is 11.2. The van der Waals surface area contributed by atoms with Crippen LogP contribution in [0.15, 0.2) is 29.3 Å². The molecule has 0 fully saturated rings. The molecular weight excluding hydrogens is 297 g/mol. The Kier molecular flexibility index (Phi) is 8.72. The molecule has 6 heteroatoms. The molecule has 5 nitrogen and oxygen atoms in total. The molecule has 0 aliphatic rings. The minimum atomic E-state index is -0.240. The number of esters is 1. The Morgan fingerprint density at radius 3 is 2.61 bits per heavy atom. The zero-order valence-corrected chi connectivity index (χ0v) is 14.1. The number of nitrogens with one attached hydrogen (secondary N) is 1. The molecule has 1 rings (SSSR count). The number of carbonyl (C=O) groups is 1. The van der Waals surface area contributed by atoms with Crippen LogP contribution < -0.4 is 5.32 Å². The molecule has 0 saturated heterocycles. The fourth-order valence-electron chi connectivity index (χ4n) is 2.05. The van der Waals surface area contributed by atoms with Crippen molar-refractivity contribution in [1.82, 2.24) is 10.2 Å². The second-order valence-electron chi connectivity index (χ2n) is 5.13. The maximum Gasteiger partial charge on any atom is 0.305 e. The Morgan fingerprint density at radius 1 is 1.30 bits per heavy atom. The third-order valence-electron chi connectivity index (χ3n) is 3.14. The summed E-state index contributed by atoms with van der Waals surface area (Å²) in [5, 5.41) is 3.21. The number of hydrogen-bond acceptors (Lipinski definition) is 3. The minimum absolute atomic E-state index is 0.188. The molecule has 0 saturated carbocycles. The Hall–Kier alpha value is -2.11. The highest BCUT2D eigenvalue weighted by Crippen LogP contribution is 2.06. The number of benzene rings is 1. The van der Waals surface area contributed by atoms with Gasteiger partial charge in [0.1, 0.15) is 5.82 Å². The van der Waals surface area contributed by atoms with Crippen LogP contribution in [0.5, 0.6) is 0 Å². The Morgan fingerprint density at radius 2 is 2.00 bits per heavy atom. The Balaban J connectivity index is 2.52. The number of nitrogens with zero attached hydrogens (tertiary/aromatic N) is 2. The van der Waals surface area contributed by atoms with Gasteiger partial charge in [-0.2, -0.15) is 0 Å². The second-order valence-corrected chi connectivity index (χ2v) is 5.13. The van der Waals surface area contributed by atoms with E-state index in [0.29, 0.717) is 32.5 Å². The Labute approximate surface area is 137 Å². The van der Waals surface area contributed by atoms with Crippen LogP contribution in [0.3, 0.4) is 0 Å². The molecule has 1 N–H and O–H groups in total. The molecule has 0 radical (unpaired) electrons. The van der Waals surface area contributed by atoms with Gasteiger partial charge in [0.25, 0.3) is 0 Å². The van der Waals surface area contributed by atoms with Crippen LogP contribution >= 0.6 is 0 Å². The highest BCUT2D eigenvalue weighted by Gasteiger charge is 2.07. The molecule has 1 aromatic carbocycles. The van der Waals surface area contributed by atoms with E-state index in [1.807, 2.05) is 18.9 Å². The maximum atomic E-state index is 12.9. The molecule has 0 atom stereocenters. The van der Waals surface area contributed by atoms with Crippen molar-refractivity contribution in [1.29, 1.82) is 0 Å². The SMILES string of the molecule is CCNC(=NCCCC(=O)OCC)N(C)Cc1ccc(F)cc1. The fourth-order valence-corrected chi connectivity index (χ4v) is 2.05. The van der Waals surface area contributed by atoms with E-state index < -0.39 is 0 Å². The highest BCUT2D eigenvalue weighted by molar-refractivity contribution is 5.79. The van der Waals surface area contributed by atoms with Crippen LogP contribution in [0.25, 0.3) is 0 Å². The summed E-state index contributed by atoms with van der Waals surface area (Å²) in [6.45, 7) is 6.14. The van der Waals surface area contributed by atoms with Gasteiger partial charge in [-0.1, -0.05) is 12.1 Å². The van der Waals surface area contributed by atoms with E-state index >= 15 is 0 Å². The van der Waals surface area contributed by atoms with Crippen molar-refractivity contribution in [2.75, 3.05) is 26.7 Å². The monoisotopic (exact) mass is 323 g/mol. The first-order valence-corrected chi connectivity index (χ1v) is 7.96. The van der Waals surface area contributed by atoms with Crippen molar-refractivity contribution in [3.8, 4) is 0 Å². The minimum Gasteiger partial charge on any atom is -0.466 e. The molecule has 1 aromatic rings. The van der Waals surface area contributed by atoms with Crippen molar-refractivity contribution in [3.05, 3.63) is 35.6 Å². The van der Waals surface area contributed by atoms with Crippen LogP contribution in [0.2, 0.25) is 0 Å². The average Bonchev–Trinajstić information content (AvgIpc) is 2.52. The van der Waals surface area contributed by atoms with E-state index in [4.69, 9.17) is 4.74 Å². The smallest absolute Gasteiger partial charge is 0.305 e. The summed E-state index contributed by atoms with van der Waals surface area (Å²) in [6, 6.07) is 6.42. The summed E-state index contributed by atoms with van der Waals surface area (Å²) in [5.74, 6) is 0.337. The van der Waals surface area contributed by atoms with Gasteiger partial charge in [0.05, 0.1) is 6.61 Å². The molecule has 0 aliphatic heterocycles. The van der Waals surface area contributed by atoms with Gasteiger partial charge in [-0.05, 0) is 38.0 Å². The third-order valence-corrected chi connectivity index (χ3v) is 3.14. The second kappa shape index (κ2) is 10.6. The zero-order chi connectivity index (χ0) is 17.1. The van der Waals surface area contributed by atoms with E-state index in [2.05, 4.69) is 10.3 Å². The van der Waals surface area contributed by atoms with Crippen molar-refractivity contribution in [3.63, 3.8) is 0 Å². The predicted octanol–water partition coefficient (Wildman–Crippen LogP) is 2.57. The molecule has 0 aromatic heterocycles. The van der Waals surface area contributed by atoms with E-state index in [1.54, 1.807) is 19.1 Å². The summed E-state index contributed by atoms with van der Waals surface area (Å²) >= 11 is 0. The fraction of sp³-hybridized carbons (Fsp3) is 0.529. The van der Waals surface area contributed by atoms with Crippen molar-refractivity contribution in [2.45, 2.75) is 33.2 Å². The van der Waals surface area contributed by atoms with Gasteiger partial charge in [-0.3, -0.25) is 9.79 Å². The number of hydrogen-bond donors (Lipinski definition) is 1. The van der Waals surface area contributed by atoms with Gasteiger partial charge in [0.15, 0.2) is 5.96 Å². The van der Waals surface area contributed by atoms with Gasteiger partial charge in [0.2, 0.25) is 0 Å². The number of aliphatic imine (C=N–C) groups is 1. The van der Waals surface area contributed by atoms with Crippen LogP contribution in [0.4, 0.5) is 4.39 Å². The molecule has 0 bridgehead atoms. The lowest BCUT2D eigenvalue weighted by Crippen LogP contribution is -2.38. The lowest BCUT2D eigenvalue weighted by molar-refractivity contribution is -0.143. The predicted molar refractivity (Wildman–Crippen MR) is 89.7 cm³/mol. The first kappa shape index (κ1) is 18.9. The highest BCUT2D eigenvalue weighted by atomic mass is 19.1. The third kappa shape index (κ3) is 7.63. The summed E-state index contributed by atoms with van der Waals surface area (Å²) < 4.78 is 17.8. The quantitative estimate of drug-likeness (QED) is 0.346. The number of carbonyl (C=O) groups excluding carboxylic acids is 1. The molecule has 0 heterocycles. The number of guanidine groups is 1. The van der Waals surface area contributed by atoms with Crippen LogP contribution in [0.1, 0.15) is 32.3 Å². The average molecular weight is 323 g/mol. The van der Waals surface area contributed by atoms with Gasteiger partial charge in [-0.15, -0.1) is 0 Å². The topological polar surface area (TPSA) is 53.9 Å². The van der Waals surface area contributed by atoms with Gasteiger partial charge < -0.3 is 15.0 Å². The van der Waals surface area contributed by atoms with Crippen molar-refractivity contribution < 1.29 is 13.9 Å². The van der Waals surface area contributed by atoms with E-state index in [1.165, 1.54) is 12.1 Å². The number of halogens is 1. The summed E-state index contributed by atoms with van der Waals surface area (Å²) in [4.78, 5) is 17.8. The van der Waals surface area contributed by atoms with Gasteiger partial charge in [0, 0.05) is 33.1 Å². The zero-order valence-electron chi connectivity index (χ0n) is 14.1. The van der Waals surface area contributed by atoms with Crippen molar-refractivity contribution >= 4 is 11.9 Å². The largest absolute Gasteiger partial charge is 0.466 e. The molecule has 0 spiro atoms. The first-order chi connectivity index (χ1) is 11.1. The molecular formula is C17H26FN3O2. The maximum absolute atomic E-state index is 12.9. The molecule has 0 amide bonds. The number of ether oxygens (including phenoxy) is 1. The Bertz CT molecular complexity index is 503. The molecule has 0 aliphatic carbocycles. The van der Waals surface area contributed by atoms with E-state index in [0.717, 1.165) is 18.1 Å².